The molecule has 0 N–H and O–H groups in total. The van der Waals surface area contributed by atoms with Gasteiger partial charge in [-0.15, -0.1) is 0 Å². The van der Waals surface area contributed by atoms with Gasteiger partial charge in [0.25, 0.3) is 0 Å². The van der Waals surface area contributed by atoms with Crippen LogP contribution in [0.15, 0.2) is 36.5 Å². The van der Waals surface area contributed by atoms with Crippen molar-refractivity contribution in [3.63, 3.8) is 0 Å². The summed E-state index contributed by atoms with van der Waals surface area (Å²) in [4.78, 5) is 36.4. The first-order valence-electron chi connectivity index (χ1n) is 13.3. The molecule has 0 radical (unpaired) electrons. The number of carbonyl (C=O) groups excluding carboxylic acids is 2. The molecule has 0 saturated carbocycles. The zero-order valence-electron chi connectivity index (χ0n) is 21.6. The molecule has 4 rings (SSSR count). The Morgan fingerprint density at radius 3 is 2.50 bits per heavy atom. The molecule has 0 aliphatic carbocycles. The van der Waals surface area contributed by atoms with Crippen LogP contribution in [0, 0.1) is 13.5 Å². The van der Waals surface area contributed by atoms with Gasteiger partial charge in [-0.1, -0.05) is 38.3 Å². The van der Waals surface area contributed by atoms with Crippen LogP contribution in [0.25, 0.3) is 21.6 Å². The first-order valence-corrected chi connectivity index (χ1v) is 13.3. The summed E-state index contributed by atoms with van der Waals surface area (Å²) in [6, 6.07) is 9.52. The van der Waals surface area contributed by atoms with Gasteiger partial charge in [0.1, 0.15) is 5.78 Å². The number of nitrogens with zero attached hydrogens (tertiary/aromatic N) is 4. The molecule has 1 fully saturated rings. The van der Waals surface area contributed by atoms with Gasteiger partial charge < -0.3 is 4.57 Å². The predicted molar refractivity (Wildman–Crippen MR) is 144 cm³/mol. The number of pyridine rings is 1. The van der Waals surface area contributed by atoms with E-state index in [1.54, 1.807) is 12.1 Å². The van der Waals surface area contributed by atoms with E-state index in [1.165, 1.54) is 6.42 Å². The number of fused-ring (bicyclic) bond motifs is 1. The molecule has 3 aromatic rings. The summed E-state index contributed by atoms with van der Waals surface area (Å²) < 4.78 is 2.08. The molecule has 0 amide bonds. The van der Waals surface area contributed by atoms with Crippen molar-refractivity contribution in [2.24, 2.45) is 0 Å². The van der Waals surface area contributed by atoms with Crippen LogP contribution in [0.3, 0.4) is 0 Å². The molecular formula is C30H36N4O2. The topological polar surface area (TPSA) is 59.6 Å². The number of hydrogen-bond donors (Lipinski definition) is 0. The Hall–Kier alpha value is -3.30. The molecule has 6 heteroatoms. The van der Waals surface area contributed by atoms with E-state index in [9.17, 15) is 9.59 Å². The number of carbonyl (C=O) groups is 2. The maximum absolute atomic E-state index is 13.5. The molecule has 0 atom stereocenters. The second-order valence-corrected chi connectivity index (χ2v) is 9.89. The van der Waals surface area contributed by atoms with Gasteiger partial charge in [-0.2, -0.15) is 0 Å². The Kier molecular flexibility index (Phi) is 8.66. The molecule has 0 spiro atoms. The number of hydrogen-bond acceptors (Lipinski definition) is 4. The third-order valence-electron chi connectivity index (χ3n) is 7.18. The minimum atomic E-state index is 0.0993. The largest absolute Gasteiger partial charge is 0.312 e. The first kappa shape index (κ1) is 25.8. The van der Waals surface area contributed by atoms with E-state index in [0.717, 1.165) is 67.7 Å². The molecule has 36 heavy (non-hydrogen) atoms. The Balaban J connectivity index is 1.68. The first-order chi connectivity index (χ1) is 17.5. The number of aryl methyl sites for hydroxylation is 1. The Morgan fingerprint density at radius 2 is 1.81 bits per heavy atom. The van der Waals surface area contributed by atoms with Crippen molar-refractivity contribution < 1.29 is 9.59 Å². The molecule has 1 aliphatic rings. The quantitative estimate of drug-likeness (QED) is 0.174. The molecule has 1 aliphatic heterocycles. The van der Waals surface area contributed by atoms with Crippen molar-refractivity contribution in [2.75, 3.05) is 19.6 Å². The number of likely N-dealkylation sites (tertiary alicyclic amines) is 1. The van der Waals surface area contributed by atoms with E-state index in [1.807, 2.05) is 25.3 Å². The fraction of sp³-hybridized carbons (Fsp3) is 0.467. The molecule has 188 valence electrons. The molecular weight excluding hydrogens is 448 g/mol. The molecule has 0 bridgehead atoms. The van der Waals surface area contributed by atoms with Gasteiger partial charge in [0.15, 0.2) is 11.5 Å². The standard InChI is InChI=1S/C30H36N4O2/c1-4-5-7-10-26(35)16-11-23-19-27-30(32-20-23)29(28(36)21-33-17-8-6-9-18-33)22(2)34(27)25-14-12-24(31-3)13-15-25/h12-15,19-20H,4-11,16-18,21H2,1-2H3. The third-order valence-corrected chi connectivity index (χ3v) is 7.18. The van der Waals surface area contributed by atoms with E-state index in [0.29, 0.717) is 48.4 Å². The summed E-state index contributed by atoms with van der Waals surface area (Å²) in [5, 5.41) is 0. The number of piperidine rings is 1. The van der Waals surface area contributed by atoms with E-state index < -0.39 is 0 Å². The van der Waals surface area contributed by atoms with E-state index in [2.05, 4.69) is 27.3 Å². The number of unbranched alkanes of at least 4 members (excludes halogenated alkanes) is 2. The number of ketones is 2. The third kappa shape index (κ3) is 5.91. The lowest BCUT2D eigenvalue weighted by molar-refractivity contribution is -0.119. The minimum absolute atomic E-state index is 0.0993. The van der Waals surface area contributed by atoms with Gasteiger partial charge >= 0.3 is 0 Å². The fourth-order valence-corrected chi connectivity index (χ4v) is 5.18. The van der Waals surface area contributed by atoms with Gasteiger partial charge in [-0.25, -0.2) is 4.85 Å². The molecule has 6 nitrogen and oxygen atoms in total. The zero-order valence-corrected chi connectivity index (χ0v) is 21.6. The number of Topliss-reactive ketones (excluding diaryl/α,β-unsaturated/α-hetero) is 2. The molecule has 1 saturated heterocycles. The zero-order chi connectivity index (χ0) is 25.5. The summed E-state index contributed by atoms with van der Waals surface area (Å²) in [6.07, 6.45) is 10.3. The van der Waals surface area contributed by atoms with Crippen molar-refractivity contribution in [1.29, 1.82) is 0 Å². The van der Waals surface area contributed by atoms with Crippen LogP contribution in [0.4, 0.5) is 5.69 Å². The lowest BCUT2D eigenvalue weighted by Gasteiger charge is -2.25. The highest BCUT2D eigenvalue weighted by atomic mass is 16.1. The van der Waals surface area contributed by atoms with Crippen LogP contribution < -0.4 is 0 Å². The maximum atomic E-state index is 13.5. The Labute approximate surface area is 214 Å². The lowest BCUT2D eigenvalue weighted by atomic mass is 10.0. The van der Waals surface area contributed by atoms with Crippen LogP contribution in [-0.4, -0.2) is 45.7 Å². The van der Waals surface area contributed by atoms with Gasteiger partial charge in [-0.05, 0) is 69.5 Å². The van der Waals surface area contributed by atoms with Gasteiger partial charge in [0.2, 0.25) is 0 Å². The van der Waals surface area contributed by atoms with Crippen molar-refractivity contribution >= 4 is 28.3 Å². The summed E-state index contributed by atoms with van der Waals surface area (Å²) in [5.41, 5.74) is 5.60. The van der Waals surface area contributed by atoms with Crippen LogP contribution in [-0.2, 0) is 11.2 Å². The maximum Gasteiger partial charge on any atom is 0.187 e. The smallest absolute Gasteiger partial charge is 0.187 e. The summed E-state index contributed by atoms with van der Waals surface area (Å²) in [6.45, 7) is 13.7. The number of aromatic nitrogens is 2. The van der Waals surface area contributed by atoms with E-state index >= 15 is 0 Å². The van der Waals surface area contributed by atoms with Crippen LogP contribution in [0.1, 0.15) is 79.9 Å². The van der Waals surface area contributed by atoms with Gasteiger partial charge in [-0.3, -0.25) is 19.5 Å². The van der Waals surface area contributed by atoms with E-state index in [-0.39, 0.29) is 5.78 Å². The Bertz CT molecular complexity index is 1260. The minimum Gasteiger partial charge on any atom is -0.312 e. The van der Waals surface area contributed by atoms with Gasteiger partial charge in [0.05, 0.1) is 29.7 Å². The highest BCUT2D eigenvalue weighted by Gasteiger charge is 2.24. The molecule has 3 heterocycles. The van der Waals surface area contributed by atoms with Crippen molar-refractivity contribution in [1.82, 2.24) is 14.5 Å². The molecule has 1 aromatic carbocycles. The second-order valence-electron chi connectivity index (χ2n) is 9.89. The van der Waals surface area contributed by atoms with Gasteiger partial charge in [0, 0.05) is 30.4 Å². The lowest BCUT2D eigenvalue weighted by Crippen LogP contribution is -2.34. The molecule has 0 unspecified atom stereocenters. The van der Waals surface area contributed by atoms with Crippen LogP contribution in [0.2, 0.25) is 0 Å². The SMILES string of the molecule is [C-]#[N+]c1ccc(-n2c(C)c(C(=O)CN3CCCCC3)c3ncc(CCC(=O)CCCCC)cc32)cc1. The molecule has 2 aromatic heterocycles. The summed E-state index contributed by atoms with van der Waals surface area (Å²) in [5.74, 6) is 0.393. The summed E-state index contributed by atoms with van der Waals surface area (Å²) in [7, 11) is 0. The number of benzene rings is 1. The van der Waals surface area contributed by atoms with Crippen LogP contribution >= 0.6 is 0 Å². The van der Waals surface area contributed by atoms with Crippen molar-refractivity contribution in [3.05, 3.63) is 64.8 Å². The second kappa shape index (κ2) is 12.1. The van der Waals surface area contributed by atoms with E-state index in [4.69, 9.17) is 11.6 Å². The average molecular weight is 485 g/mol. The Morgan fingerprint density at radius 1 is 1.06 bits per heavy atom. The average Bonchev–Trinajstić information content (AvgIpc) is 3.19. The fourth-order valence-electron chi connectivity index (χ4n) is 5.18. The number of rotatable bonds is 11. The highest BCUT2D eigenvalue weighted by molar-refractivity contribution is 6.09. The highest BCUT2D eigenvalue weighted by Crippen LogP contribution is 2.30. The van der Waals surface area contributed by atoms with Crippen molar-refractivity contribution in [3.8, 4) is 5.69 Å². The van der Waals surface area contributed by atoms with Crippen LogP contribution in [0.5, 0.6) is 0 Å². The normalized spacial score (nSPS) is 14.1. The predicted octanol–water partition coefficient (Wildman–Crippen LogP) is 6.64. The monoisotopic (exact) mass is 484 g/mol. The summed E-state index contributed by atoms with van der Waals surface area (Å²) >= 11 is 0. The van der Waals surface area contributed by atoms with Crippen molar-refractivity contribution in [2.45, 2.75) is 71.6 Å².